The van der Waals surface area contributed by atoms with Gasteiger partial charge in [0.15, 0.2) is 5.16 Å². The molecule has 1 aromatic heterocycles. The second-order valence-electron chi connectivity index (χ2n) is 5.72. The molecular formula is C15H20N4OS. The standard InChI is InChI=1S/C15H20N4OS/c1-9-3-5-11(6-4-9)13(10(2)16)21-15-18-17-14(20)19(15)12-7-8-12/h3-6,10,12-13H,7-8,16H2,1-2H3,(H,17,20). The Morgan fingerprint density at radius 2 is 2.05 bits per heavy atom. The third-order valence-corrected chi connectivity index (χ3v) is 5.15. The summed E-state index contributed by atoms with van der Waals surface area (Å²) in [6.45, 7) is 4.06. The van der Waals surface area contributed by atoms with Crippen molar-refractivity contribution in [1.82, 2.24) is 14.8 Å². The molecule has 0 radical (unpaired) electrons. The first-order valence-electron chi connectivity index (χ1n) is 7.22. The molecule has 3 N–H and O–H groups in total. The molecular weight excluding hydrogens is 284 g/mol. The number of H-pyrrole nitrogens is 1. The van der Waals surface area contributed by atoms with Crippen molar-refractivity contribution in [3.05, 3.63) is 45.9 Å². The van der Waals surface area contributed by atoms with E-state index in [4.69, 9.17) is 5.73 Å². The van der Waals surface area contributed by atoms with Crippen molar-refractivity contribution < 1.29 is 0 Å². The highest BCUT2D eigenvalue weighted by Gasteiger charge is 2.30. The van der Waals surface area contributed by atoms with Gasteiger partial charge in [-0.05, 0) is 32.3 Å². The van der Waals surface area contributed by atoms with Crippen LogP contribution < -0.4 is 11.4 Å². The average Bonchev–Trinajstić information content (AvgIpc) is 3.21. The Morgan fingerprint density at radius 3 is 2.62 bits per heavy atom. The summed E-state index contributed by atoms with van der Waals surface area (Å²) in [6, 6.07) is 8.65. The first-order chi connectivity index (χ1) is 10.1. The van der Waals surface area contributed by atoms with Gasteiger partial charge in [-0.15, -0.1) is 5.10 Å². The van der Waals surface area contributed by atoms with Crippen LogP contribution in [0.4, 0.5) is 0 Å². The molecule has 2 unspecified atom stereocenters. The number of aromatic amines is 1. The predicted molar refractivity (Wildman–Crippen MR) is 84.5 cm³/mol. The fourth-order valence-corrected chi connectivity index (χ4v) is 3.56. The number of hydrogen-bond acceptors (Lipinski definition) is 4. The summed E-state index contributed by atoms with van der Waals surface area (Å²) in [4.78, 5) is 11.9. The lowest BCUT2D eigenvalue weighted by Gasteiger charge is -2.20. The molecule has 0 spiro atoms. The second-order valence-corrected chi connectivity index (χ2v) is 6.83. The van der Waals surface area contributed by atoms with Crippen molar-refractivity contribution in [1.29, 1.82) is 0 Å². The molecule has 0 amide bonds. The maximum absolute atomic E-state index is 11.9. The van der Waals surface area contributed by atoms with Gasteiger partial charge in [0.25, 0.3) is 0 Å². The first kappa shape index (κ1) is 14.4. The van der Waals surface area contributed by atoms with E-state index in [0.29, 0.717) is 6.04 Å². The Balaban J connectivity index is 1.89. The molecule has 2 aromatic rings. The summed E-state index contributed by atoms with van der Waals surface area (Å²) in [7, 11) is 0. The van der Waals surface area contributed by atoms with Crippen LogP contribution in [0.25, 0.3) is 0 Å². The third-order valence-electron chi connectivity index (χ3n) is 3.70. The molecule has 0 saturated heterocycles. The van der Waals surface area contributed by atoms with E-state index in [1.54, 1.807) is 16.3 Å². The van der Waals surface area contributed by atoms with Crippen LogP contribution in [-0.4, -0.2) is 20.8 Å². The second kappa shape index (κ2) is 5.69. The van der Waals surface area contributed by atoms with E-state index in [-0.39, 0.29) is 17.0 Å². The highest BCUT2D eigenvalue weighted by molar-refractivity contribution is 7.99. The lowest BCUT2D eigenvalue weighted by atomic mass is 10.1. The van der Waals surface area contributed by atoms with E-state index in [1.807, 2.05) is 6.92 Å². The van der Waals surface area contributed by atoms with Gasteiger partial charge in [-0.1, -0.05) is 41.6 Å². The molecule has 21 heavy (non-hydrogen) atoms. The van der Waals surface area contributed by atoms with Gasteiger partial charge in [0.1, 0.15) is 0 Å². The number of nitrogens with zero attached hydrogens (tertiary/aromatic N) is 2. The number of aromatic nitrogens is 3. The van der Waals surface area contributed by atoms with Crippen molar-refractivity contribution in [2.75, 3.05) is 0 Å². The largest absolute Gasteiger partial charge is 0.344 e. The highest BCUT2D eigenvalue weighted by Crippen LogP contribution is 2.40. The molecule has 1 saturated carbocycles. The van der Waals surface area contributed by atoms with Gasteiger partial charge in [0.2, 0.25) is 0 Å². The number of hydrogen-bond donors (Lipinski definition) is 2. The monoisotopic (exact) mass is 304 g/mol. The molecule has 112 valence electrons. The van der Waals surface area contributed by atoms with Crippen LogP contribution in [0.5, 0.6) is 0 Å². The Morgan fingerprint density at radius 1 is 1.38 bits per heavy atom. The van der Waals surface area contributed by atoms with Gasteiger partial charge in [0.05, 0.1) is 5.25 Å². The van der Waals surface area contributed by atoms with E-state index in [2.05, 4.69) is 41.4 Å². The fourth-order valence-electron chi connectivity index (χ4n) is 2.38. The summed E-state index contributed by atoms with van der Waals surface area (Å²) in [5.74, 6) is 0. The lowest BCUT2D eigenvalue weighted by molar-refractivity contribution is 0.636. The number of aryl methyl sites for hydroxylation is 1. The molecule has 5 nitrogen and oxygen atoms in total. The molecule has 3 rings (SSSR count). The van der Waals surface area contributed by atoms with E-state index < -0.39 is 0 Å². The maximum Gasteiger partial charge on any atom is 0.344 e. The number of thioether (sulfide) groups is 1. The zero-order valence-corrected chi connectivity index (χ0v) is 13.1. The van der Waals surface area contributed by atoms with Crippen LogP contribution in [0.1, 0.15) is 42.2 Å². The molecule has 6 heteroatoms. The van der Waals surface area contributed by atoms with E-state index in [0.717, 1.165) is 18.0 Å². The van der Waals surface area contributed by atoms with Crippen LogP contribution >= 0.6 is 11.8 Å². The summed E-state index contributed by atoms with van der Waals surface area (Å²) in [5.41, 5.74) is 8.43. The van der Waals surface area contributed by atoms with Crippen LogP contribution in [-0.2, 0) is 0 Å². The van der Waals surface area contributed by atoms with Crippen molar-refractivity contribution in [2.45, 2.75) is 49.2 Å². The number of rotatable bonds is 5. The van der Waals surface area contributed by atoms with Gasteiger partial charge in [-0.3, -0.25) is 4.57 Å². The van der Waals surface area contributed by atoms with E-state index in [1.165, 1.54) is 11.1 Å². The van der Waals surface area contributed by atoms with Crippen molar-refractivity contribution >= 4 is 11.8 Å². The van der Waals surface area contributed by atoms with Crippen molar-refractivity contribution in [2.24, 2.45) is 5.73 Å². The molecule has 0 bridgehead atoms. The minimum absolute atomic E-state index is 0.0304. The molecule has 1 heterocycles. The molecule has 1 aliphatic carbocycles. The smallest absolute Gasteiger partial charge is 0.327 e. The van der Waals surface area contributed by atoms with Crippen LogP contribution in [0.3, 0.4) is 0 Å². The number of benzene rings is 1. The first-order valence-corrected chi connectivity index (χ1v) is 8.10. The van der Waals surface area contributed by atoms with E-state index >= 15 is 0 Å². The van der Waals surface area contributed by atoms with Crippen LogP contribution in [0.2, 0.25) is 0 Å². The van der Waals surface area contributed by atoms with E-state index in [9.17, 15) is 4.79 Å². The summed E-state index contributed by atoms with van der Waals surface area (Å²) in [5, 5.41) is 7.56. The van der Waals surface area contributed by atoms with Gasteiger partial charge in [-0.25, -0.2) is 9.89 Å². The minimum Gasteiger partial charge on any atom is -0.327 e. The zero-order chi connectivity index (χ0) is 15.0. The summed E-state index contributed by atoms with van der Waals surface area (Å²) in [6.07, 6.45) is 2.11. The van der Waals surface area contributed by atoms with Gasteiger partial charge >= 0.3 is 5.69 Å². The third kappa shape index (κ3) is 3.06. The van der Waals surface area contributed by atoms with Crippen LogP contribution in [0.15, 0.2) is 34.2 Å². The topological polar surface area (TPSA) is 76.7 Å². The Bertz CT molecular complexity index is 670. The lowest BCUT2D eigenvalue weighted by Crippen LogP contribution is -2.23. The zero-order valence-electron chi connectivity index (χ0n) is 12.2. The predicted octanol–water partition coefficient (Wildman–Crippen LogP) is 2.40. The quantitative estimate of drug-likeness (QED) is 0.832. The normalized spacial score (nSPS) is 17.7. The number of nitrogens with one attached hydrogen (secondary N) is 1. The molecule has 2 atom stereocenters. The molecule has 1 aromatic carbocycles. The van der Waals surface area contributed by atoms with Gasteiger partial charge in [-0.2, -0.15) is 0 Å². The average molecular weight is 304 g/mol. The Kier molecular flexibility index (Phi) is 3.91. The molecule has 0 aliphatic heterocycles. The van der Waals surface area contributed by atoms with Crippen molar-refractivity contribution in [3.63, 3.8) is 0 Å². The molecule has 1 aliphatic rings. The Labute approximate surface area is 127 Å². The summed E-state index contributed by atoms with van der Waals surface area (Å²) < 4.78 is 1.77. The maximum atomic E-state index is 11.9. The van der Waals surface area contributed by atoms with Crippen LogP contribution in [0, 0.1) is 6.92 Å². The SMILES string of the molecule is Cc1ccc(C(Sc2n[nH]c(=O)n2C2CC2)C(C)N)cc1. The van der Waals surface area contributed by atoms with Gasteiger partial charge in [0, 0.05) is 12.1 Å². The fraction of sp³-hybridized carbons (Fsp3) is 0.467. The van der Waals surface area contributed by atoms with Gasteiger partial charge < -0.3 is 5.73 Å². The van der Waals surface area contributed by atoms with Crippen molar-refractivity contribution in [3.8, 4) is 0 Å². The molecule has 1 fully saturated rings. The number of nitrogens with two attached hydrogens (primary N) is 1. The minimum atomic E-state index is -0.118. The Hall–Kier alpha value is -1.53. The highest BCUT2D eigenvalue weighted by atomic mass is 32.2. The summed E-state index contributed by atoms with van der Waals surface area (Å²) >= 11 is 1.57.